The minimum absolute atomic E-state index is 0.157. The summed E-state index contributed by atoms with van der Waals surface area (Å²) < 4.78 is 16.6. The third-order valence-corrected chi connectivity index (χ3v) is 6.26. The van der Waals surface area contributed by atoms with Gasteiger partial charge in [-0.05, 0) is 29.8 Å². The summed E-state index contributed by atoms with van der Waals surface area (Å²) in [7, 11) is 4.92. The van der Waals surface area contributed by atoms with Crippen molar-refractivity contribution in [1.29, 1.82) is 0 Å². The SMILES string of the molecule is COc1cc(C2NNCC2CN2CCN(c3ccc(Cl)cn3)CC2)cc(OC)c1OC. The standard InChI is InChI=1S/C22H30ClN5O3/c1-29-18-10-15(11-19(30-2)22(18)31-3)21-16(12-25-26-21)14-27-6-8-28(9-7-27)20-5-4-17(23)13-24-20/h4-5,10-11,13,16,21,25-26H,6-9,12,14H2,1-3H3. The molecule has 2 unspecified atom stereocenters. The molecule has 168 valence electrons. The molecule has 2 aromatic rings. The average molecular weight is 448 g/mol. The third-order valence-electron chi connectivity index (χ3n) is 6.04. The van der Waals surface area contributed by atoms with Crippen molar-refractivity contribution in [2.24, 2.45) is 5.92 Å². The molecule has 0 spiro atoms. The first-order valence-corrected chi connectivity index (χ1v) is 10.9. The molecular formula is C22H30ClN5O3. The highest BCUT2D eigenvalue weighted by Crippen LogP contribution is 2.41. The van der Waals surface area contributed by atoms with Crippen LogP contribution >= 0.6 is 11.6 Å². The highest BCUT2D eigenvalue weighted by atomic mass is 35.5. The predicted molar refractivity (Wildman–Crippen MR) is 121 cm³/mol. The molecule has 8 nitrogen and oxygen atoms in total. The van der Waals surface area contributed by atoms with Gasteiger partial charge in [0.1, 0.15) is 5.82 Å². The lowest BCUT2D eigenvalue weighted by Gasteiger charge is -2.37. The van der Waals surface area contributed by atoms with Crippen LogP contribution in [-0.2, 0) is 0 Å². The number of aromatic nitrogens is 1. The number of hydrogen-bond acceptors (Lipinski definition) is 8. The number of hydrogen-bond donors (Lipinski definition) is 2. The summed E-state index contributed by atoms with van der Waals surface area (Å²) >= 11 is 5.96. The first kappa shape index (κ1) is 22.0. The van der Waals surface area contributed by atoms with E-state index in [0.717, 1.165) is 50.6 Å². The summed E-state index contributed by atoms with van der Waals surface area (Å²) in [5.74, 6) is 3.37. The molecule has 2 N–H and O–H groups in total. The Hall–Kier alpha value is -2.26. The van der Waals surface area contributed by atoms with E-state index in [1.54, 1.807) is 27.5 Å². The molecule has 31 heavy (non-hydrogen) atoms. The molecule has 9 heteroatoms. The van der Waals surface area contributed by atoms with Crippen molar-refractivity contribution in [3.63, 3.8) is 0 Å². The maximum Gasteiger partial charge on any atom is 0.203 e. The minimum atomic E-state index is 0.157. The fourth-order valence-electron chi connectivity index (χ4n) is 4.39. The maximum atomic E-state index is 5.96. The second-order valence-electron chi connectivity index (χ2n) is 7.84. The van der Waals surface area contributed by atoms with Crippen LogP contribution in [0.5, 0.6) is 17.2 Å². The number of nitrogens with one attached hydrogen (secondary N) is 2. The van der Waals surface area contributed by atoms with Crippen molar-refractivity contribution in [2.45, 2.75) is 6.04 Å². The zero-order valence-electron chi connectivity index (χ0n) is 18.2. The van der Waals surface area contributed by atoms with Gasteiger partial charge in [0.25, 0.3) is 0 Å². The van der Waals surface area contributed by atoms with Crippen molar-refractivity contribution in [1.82, 2.24) is 20.7 Å². The van der Waals surface area contributed by atoms with Crippen LogP contribution in [0, 0.1) is 5.92 Å². The van der Waals surface area contributed by atoms with E-state index in [1.165, 1.54) is 0 Å². The molecule has 1 aromatic carbocycles. The first-order chi connectivity index (χ1) is 15.1. The third kappa shape index (κ3) is 4.82. The molecule has 2 fully saturated rings. The van der Waals surface area contributed by atoms with Crippen molar-refractivity contribution >= 4 is 17.4 Å². The Labute approximate surface area is 188 Å². The zero-order chi connectivity index (χ0) is 21.8. The summed E-state index contributed by atoms with van der Waals surface area (Å²) in [5, 5.41) is 0.668. The second kappa shape index (κ2) is 9.91. The summed E-state index contributed by atoms with van der Waals surface area (Å²) in [5.41, 5.74) is 7.88. The van der Waals surface area contributed by atoms with E-state index in [4.69, 9.17) is 25.8 Å². The van der Waals surface area contributed by atoms with Gasteiger partial charge in [-0.3, -0.25) is 10.3 Å². The molecule has 2 aliphatic heterocycles. The van der Waals surface area contributed by atoms with Gasteiger partial charge in [0.05, 0.1) is 32.4 Å². The maximum absolute atomic E-state index is 5.96. The van der Waals surface area contributed by atoms with Crippen LogP contribution < -0.4 is 30.0 Å². The van der Waals surface area contributed by atoms with Crippen molar-refractivity contribution in [3.05, 3.63) is 41.0 Å². The number of rotatable bonds is 7. The number of nitrogens with zero attached hydrogens (tertiary/aromatic N) is 3. The largest absolute Gasteiger partial charge is 0.493 e. The van der Waals surface area contributed by atoms with E-state index in [9.17, 15) is 0 Å². The smallest absolute Gasteiger partial charge is 0.203 e. The molecule has 2 saturated heterocycles. The Morgan fingerprint density at radius 2 is 1.74 bits per heavy atom. The molecule has 4 rings (SSSR count). The molecule has 3 heterocycles. The van der Waals surface area contributed by atoms with Gasteiger partial charge in [-0.2, -0.15) is 0 Å². The number of methoxy groups -OCH3 is 3. The van der Waals surface area contributed by atoms with E-state index in [-0.39, 0.29) is 6.04 Å². The van der Waals surface area contributed by atoms with Gasteiger partial charge < -0.3 is 19.1 Å². The van der Waals surface area contributed by atoms with Crippen LogP contribution in [0.15, 0.2) is 30.5 Å². The van der Waals surface area contributed by atoms with Crippen LogP contribution in [0.4, 0.5) is 5.82 Å². The molecule has 0 aliphatic carbocycles. The normalized spacial score (nSPS) is 21.9. The molecule has 1 aromatic heterocycles. The predicted octanol–water partition coefficient (Wildman–Crippen LogP) is 2.35. The highest BCUT2D eigenvalue weighted by molar-refractivity contribution is 6.30. The molecule has 2 atom stereocenters. The van der Waals surface area contributed by atoms with Crippen molar-refractivity contribution < 1.29 is 14.2 Å². The summed E-state index contributed by atoms with van der Waals surface area (Å²) in [6.07, 6.45) is 1.71. The van der Waals surface area contributed by atoms with E-state index >= 15 is 0 Å². The Bertz CT molecular complexity index is 849. The zero-order valence-corrected chi connectivity index (χ0v) is 19.0. The molecular weight excluding hydrogens is 418 g/mol. The fraction of sp³-hybridized carbons (Fsp3) is 0.500. The van der Waals surface area contributed by atoms with E-state index in [0.29, 0.717) is 28.2 Å². The number of pyridine rings is 1. The van der Waals surface area contributed by atoms with Crippen molar-refractivity contribution in [3.8, 4) is 17.2 Å². The molecule has 0 saturated carbocycles. The van der Waals surface area contributed by atoms with Crippen LogP contribution in [0.1, 0.15) is 11.6 Å². The number of ether oxygens (including phenoxy) is 3. The minimum Gasteiger partial charge on any atom is -0.493 e. The van der Waals surface area contributed by atoms with Crippen molar-refractivity contribution in [2.75, 3.05) is 65.5 Å². The van der Waals surface area contributed by atoms with E-state index < -0.39 is 0 Å². The Morgan fingerprint density at radius 3 is 2.32 bits per heavy atom. The quantitative estimate of drug-likeness (QED) is 0.670. The lowest BCUT2D eigenvalue weighted by Crippen LogP contribution is -2.48. The summed E-state index contributed by atoms with van der Waals surface area (Å²) in [6.45, 7) is 5.82. The average Bonchev–Trinajstić information content (AvgIpc) is 3.27. The molecule has 0 amide bonds. The molecule has 0 bridgehead atoms. The van der Waals surface area contributed by atoms with E-state index in [2.05, 4.69) is 25.6 Å². The summed E-state index contributed by atoms with van der Waals surface area (Å²) in [6, 6.07) is 8.11. The monoisotopic (exact) mass is 447 g/mol. The second-order valence-corrected chi connectivity index (χ2v) is 8.28. The van der Waals surface area contributed by atoms with Crippen LogP contribution in [0.3, 0.4) is 0 Å². The Kier molecular flexibility index (Phi) is 7.02. The van der Waals surface area contributed by atoms with Gasteiger partial charge in [0.2, 0.25) is 5.75 Å². The van der Waals surface area contributed by atoms with Gasteiger partial charge >= 0.3 is 0 Å². The molecule has 2 aliphatic rings. The van der Waals surface area contributed by atoms with Gasteiger partial charge in [-0.1, -0.05) is 11.6 Å². The highest BCUT2D eigenvalue weighted by Gasteiger charge is 2.32. The lowest BCUT2D eigenvalue weighted by atomic mass is 9.93. The first-order valence-electron chi connectivity index (χ1n) is 10.5. The van der Waals surface area contributed by atoms with Gasteiger partial charge in [-0.25, -0.2) is 10.4 Å². The van der Waals surface area contributed by atoms with Gasteiger partial charge in [0, 0.05) is 51.4 Å². The van der Waals surface area contributed by atoms with E-state index in [1.807, 2.05) is 24.3 Å². The van der Waals surface area contributed by atoms with Crippen LogP contribution in [0.2, 0.25) is 5.02 Å². The number of halogens is 1. The number of hydrazine groups is 1. The fourth-order valence-corrected chi connectivity index (χ4v) is 4.50. The summed E-state index contributed by atoms with van der Waals surface area (Å²) in [4.78, 5) is 9.29. The van der Waals surface area contributed by atoms with Gasteiger partial charge in [0.15, 0.2) is 11.5 Å². The number of anilines is 1. The van der Waals surface area contributed by atoms with Crippen LogP contribution in [0.25, 0.3) is 0 Å². The Balaban J connectivity index is 1.41. The number of piperazine rings is 1. The Morgan fingerprint density at radius 1 is 1.03 bits per heavy atom. The lowest BCUT2D eigenvalue weighted by molar-refractivity contribution is 0.214. The molecule has 0 radical (unpaired) electrons. The topological polar surface area (TPSA) is 71.1 Å². The number of benzene rings is 1. The van der Waals surface area contributed by atoms with Crippen LogP contribution in [-0.4, -0.2) is 70.5 Å². The van der Waals surface area contributed by atoms with Gasteiger partial charge in [-0.15, -0.1) is 0 Å².